The van der Waals surface area contributed by atoms with Crippen LogP contribution in [0.15, 0.2) is 24.3 Å². The second-order valence-corrected chi connectivity index (χ2v) is 4.29. The Morgan fingerprint density at radius 1 is 1.29 bits per heavy atom. The van der Waals surface area contributed by atoms with Crippen molar-refractivity contribution < 1.29 is 4.79 Å². The van der Waals surface area contributed by atoms with Crippen molar-refractivity contribution in [1.82, 2.24) is 5.32 Å². The van der Waals surface area contributed by atoms with Crippen LogP contribution in [0.4, 0.5) is 0 Å². The lowest BCUT2D eigenvalue weighted by atomic mass is 10.0. The number of fused-ring (bicyclic) bond motifs is 1. The number of benzene rings is 1. The summed E-state index contributed by atoms with van der Waals surface area (Å²) in [4.78, 5) is 11.6. The van der Waals surface area contributed by atoms with Gasteiger partial charge in [-0.2, -0.15) is 0 Å². The van der Waals surface area contributed by atoms with E-state index in [1.165, 1.54) is 18.4 Å². The summed E-state index contributed by atoms with van der Waals surface area (Å²) in [6, 6.07) is 8.21. The van der Waals surface area contributed by atoms with Crippen LogP contribution in [0, 0.1) is 5.92 Å². The second kappa shape index (κ2) is 2.84. The molecule has 0 radical (unpaired) electrons. The minimum absolute atomic E-state index is 0.103. The average molecular weight is 187 g/mol. The molecule has 1 heterocycles. The molecule has 1 saturated carbocycles. The molecule has 1 aromatic rings. The first kappa shape index (κ1) is 8.04. The third-order valence-corrected chi connectivity index (χ3v) is 3.15. The van der Waals surface area contributed by atoms with Crippen molar-refractivity contribution in [2.24, 2.45) is 5.92 Å². The Labute approximate surface area is 83.3 Å². The third-order valence-electron chi connectivity index (χ3n) is 3.15. The van der Waals surface area contributed by atoms with E-state index < -0.39 is 0 Å². The summed E-state index contributed by atoms with van der Waals surface area (Å²) in [7, 11) is 0. The standard InChI is InChI=1S/C12H13NO/c14-12-10-4-2-1-3-9(10)11(13-12)7-8-5-6-8/h1-4,8,11H,5-7H2,(H,13,14). The Morgan fingerprint density at radius 3 is 2.86 bits per heavy atom. The van der Waals surface area contributed by atoms with Crippen LogP contribution >= 0.6 is 0 Å². The highest BCUT2D eigenvalue weighted by Crippen LogP contribution is 2.40. The number of amides is 1. The molecule has 1 unspecified atom stereocenters. The molecule has 1 amide bonds. The zero-order valence-corrected chi connectivity index (χ0v) is 7.99. The molecule has 14 heavy (non-hydrogen) atoms. The van der Waals surface area contributed by atoms with Gasteiger partial charge in [0.25, 0.3) is 5.91 Å². The van der Waals surface area contributed by atoms with E-state index in [2.05, 4.69) is 11.4 Å². The fraction of sp³-hybridized carbons (Fsp3) is 0.417. The third kappa shape index (κ3) is 1.22. The van der Waals surface area contributed by atoms with Crippen molar-refractivity contribution in [1.29, 1.82) is 0 Å². The van der Waals surface area contributed by atoms with E-state index in [1.54, 1.807) is 0 Å². The van der Waals surface area contributed by atoms with E-state index in [0.29, 0.717) is 0 Å². The van der Waals surface area contributed by atoms with Crippen molar-refractivity contribution in [2.75, 3.05) is 0 Å². The van der Waals surface area contributed by atoms with Crippen LogP contribution in [-0.4, -0.2) is 5.91 Å². The highest BCUT2D eigenvalue weighted by atomic mass is 16.2. The van der Waals surface area contributed by atoms with Crippen molar-refractivity contribution >= 4 is 5.91 Å². The minimum atomic E-state index is 0.103. The number of carbonyl (C=O) groups is 1. The lowest BCUT2D eigenvalue weighted by Gasteiger charge is -2.09. The Bertz CT molecular complexity index is 382. The van der Waals surface area contributed by atoms with Crippen LogP contribution in [0.2, 0.25) is 0 Å². The summed E-state index contributed by atoms with van der Waals surface area (Å²) in [5.74, 6) is 0.956. The molecule has 1 fully saturated rings. The Morgan fingerprint density at radius 2 is 2.07 bits per heavy atom. The first-order chi connectivity index (χ1) is 6.84. The van der Waals surface area contributed by atoms with Gasteiger partial charge in [-0.05, 0) is 24.0 Å². The maximum Gasteiger partial charge on any atom is 0.252 e. The van der Waals surface area contributed by atoms with E-state index in [0.717, 1.165) is 17.9 Å². The smallest absolute Gasteiger partial charge is 0.252 e. The molecule has 1 aliphatic carbocycles. The molecule has 1 aliphatic heterocycles. The fourth-order valence-electron chi connectivity index (χ4n) is 2.19. The summed E-state index contributed by atoms with van der Waals surface area (Å²) >= 11 is 0. The molecule has 3 rings (SSSR count). The van der Waals surface area contributed by atoms with E-state index in [-0.39, 0.29) is 11.9 Å². The van der Waals surface area contributed by atoms with Crippen molar-refractivity contribution in [2.45, 2.75) is 25.3 Å². The maximum absolute atomic E-state index is 11.6. The predicted octanol–water partition coefficient (Wildman–Crippen LogP) is 2.27. The van der Waals surface area contributed by atoms with Gasteiger partial charge in [0.05, 0.1) is 6.04 Å². The molecule has 0 spiro atoms. The monoisotopic (exact) mass is 187 g/mol. The lowest BCUT2D eigenvalue weighted by Crippen LogP contribution is -2.19. The predicted molar refractivity (Wildman–Crippen MR) is 54.0 cm³/mol. The normalized spacial score (nSPS) is 24.6. The van der Waals surface area contributed by atoms with Crippen molar-refractivity contribution in [3.8, 4) is 0 Å². The lowest BCUT2D eigenvalue weighted by molar-refractivity contribution is 0.0954. The van der Waals surface area contributed by atoms with E-state index >= 15 is 0 Å². The number of hydrogen-bond donors (Lipinski definition) is 1. The van der Waals surface area contributed by atoms with Gasteiger partial charge in [0, 0.05) is 5.56 Å². The maximum atomic E-state index is 11.6. The number of hydrogen-bond acceptors (Lipinski definition) is 1. The highest BCUT2D eigenvalue weighted by molar-refractivity contribution is 5.99. The van der Waals surface area contributed by atoms with Gasteiger partial charge in [-0.1, -0.05) is 31.0 Å². The van der Waals surface area contributed by atoms with Gasteiger partial charge in [-0.25, -0.2) is 0 Å². The zero-order valence-electron chi connectivity index (χ0n) is 7.99. The molecule has 72 valence electrons. The Hall–Kier alpha value is -1.31. The van der Waals surface area contributed by atoms with Gasteiger partial charge in [0.15, 0.2) is 0 Å². The van der Waals surface area contributed by atoms with E-state index in [1.807, 2.05) is 18.2 Å². The fourth-order valence-corrected chi connectivity index (χ4v) is 2.19. The molecule has 1 aromatic carbocycles. The van der Waals surface area contributed by atoms with E-state index in [9.17, 15) is 4.79 Å². The first-order valence-corrected chi connectivity index (χ1v) is 5.24. The van der Waals surface area contributed by atoms with Gasteiger partial charge in [0.2, 0.25) is 0 Å². The molecule has 2 heteroatoms. The van der Waals surface area contributed by atoms with Crippen molar-refractivity contribution in [3.05, 3.63) is 35.4 Å². The van der Waals surface area contributed by atoms with Gasteiger partial charge < -0.3 is 5.32 Å². The Kier molecular flexibility index (Phi) is 1.63. The molecule has 1 N–H and O–H groups in total. The largest absolute Gasteiger partial charge is 0.345 e. The molecule has 0 aromatic heterocycles. The number of rotatable bonds is 2. The molecule has 2 aliphatic rings. The molecule has 2 nitrogen and oxygen atoms in total. The average Bonchev–Trinajstić information content (AvgIpc) is 2.95. The quantitative estimate of drug-likeness (QED) is 0.756. The summed E-state index contributed by atoms with van der Waals surface area (Å²) < 4.78 is 0. The number of nitrogens with one attached hydrogen (secondary N) is 1. The first-order valence-electron chi connectivity index (χ1n) is 5.24. The van der Waals surface area contributed by atoms with E-state index in [4.69, 9.17) is 0 Å². The van der Waals surface area contributed by atoms with Crippen molar-refractivity contribution in [3.63, 3.8) is 0 Å². The Balaban J connectivity index is 1.92. The SMILES string of the molecule is O=C1NC(CC2CC2)c2ccccc21. The topological polar surface area (TPSA) is 29.1 Å². The van der Waals surface area contributed by atoms with Gasteiger partial charge in [0.1, 0.15) is 0 Å². The van der Waals surface area contributed by atoms with Crippen LogP contribution in [-0.2, 0) is 0 Å². The summed E-state index contributed by atoms with van der Waals surface area (Å²) in [6.07, 6.45) is 3.81. The molecule has 1 atom stereocenters. The molecular formula is C12H13NO. The second-order valence-electron chi connectivity index (χ2n) is 4.29. The molecule has 0 saturated heterocycles. The van der Waals surface area contributed by atoms with Gasteiger partial charge in [-0.15, -0.1) is 0 Å². The van der Waals surface area contributed by atoms with Crippen LogP contribution < -0.4 is 5.32 Å². The highest BCUT2D eigenvalue weighted by Gasteiger charge is 2.33. The zero-order chi connectivity index (χ0) is 9.54. The van der Waals surface area contributed by atoms with Crippen LogP contribution in [0.25, 0.3) is 0 Å². The molecule has 0 bridgehead atoms. The minimum Gasteiger partial charge on any atom is -0.345 e. The number of carbonyl (C=O) groups excluding carboxylic acids is 1. The summed E-state index contributed by atoms with van der Waals surface area (Å²) in [5.41, 5.74) is 2.07. The van der Waals surface area contributed by atoms with Crippen LogP contribution in [0.3, 0.4) is 0 Å². The summed E-state index contributed by atoms with van der Waals surface area (Å²) in [5, 5.41) is 3.05. The summed E-state index contributed by atoms with van der Waals surface area (Å²) in [6.45, 7) is 0. The van der Waals surface area contributed by atoms with Gasteiger partial charge in [-0.3, -0.25) is 4.79 Å². The van der Waals surface area contributed by atoms with Crippen LogP contribution in [0.5, 0.6) is 0 Å². The molecular weight excluding hydrogens is 174 g/mol. The van der Waals surface area contributed by atoms with Crippen LogP contribution in [0.1, 0.15) is 41.2 Å². The van der Waals surface area contributed by atoms with Gasteiger partial charge >= 0.3 is 0 Å².